The van der Waals surface area contributed by atoms with Crippen molar-refractivity contribution < 1.29 is 4.79 Å². The molecule has 4 aliphatic rings. The molecule has 0 aliphatic heterocycles. The van der Waals surface area contributed by atoms with Gasteiger partial charge in [0.05, 0.1) is 0 Å². The highest BCUT2D eigenvalue weighted by Crippen LogP contribution is 2.53. The van der Waals surface area contributed by atoms with Gasteiger partial charge in [0.1, 0.15) is 0 Å². The fourth-order valence-corrected chi connectivity index (χ4v) is 4.68. The van der Waals surface area contributed by atoms with Gasteiger partial charge in [-0.2, -0.15) is 0 Å². The summed E-state index contributed by atoms with van der Waals surface area (Å²) >= 11 is 0. The van der Waals surface area contributed by atoms with E-state index in [1.807, 2.05) is 14.1 Å². The first kappa shape index (κ1) is 11.4. The van der Waals surface area contributed by atoms with Crippen LogP contribution in [0.15, 0.2) is 0 Å². The Morgan fingerprint density at radius 2 is 1.59 bits per heavy atom. The topological polar surface area (TPSA) is 32.3 Å². The number of hydrogen-bond acceptors (Lipinski definition) is 1. The molecule has 1 N–H and O–H groups in total. The van der Waals surface area contributed by atoms with Crippen LogP contribution >= 0.6 is 0 Å². The van der Waals surface area contributed by atoms with Crippen LogP contribution in [-0.2, 0) is 0 Å². The second-order valence-corrected chi connectivity index (χ2v) is 6.86. The summed E-state index contributed by atoms with van der Waals surface area (Å²) in [6, 6.07) is 0.104. The largest absolute Gasteiger partial charge is 0.333 e. The van der Waals surface area contributed by atoms with Crippen molar-refractivity contribution in [2.45, 2.75) is 50.5 Å². The van der Waals surface area contributed by atoms with Gasteiger partial charge in [0, 0.05) is 19.6 Å². The van der Waals surface area contributed by atoms with Crippen molar-refractivity contribution in [2.75, 3.05) is 14.1 Å². The van der Waals surface area contributed by atoms with Crippen molar-refractivity contribution in [1.82, 2.24) is 10.2 Å². The molecule has 3 nitrogen and oxygen atoms in total. The highest BCUT2D eigenvalue weighted by Gasteiger charge is 2.49. The van der Waals surface area contributed by atoms with Crippen molar-refractivity contribution in [3.63, 3.8) is 0 Å². The van der Waals surface area contributed by atoms with E-state index in [1.54, 1.807) is 4.90 Å². The molecular formula is C14H24N2O. The van der Waals surface area contributed by atoms with Crippen LogP contribution in [0.2, 0.25) is 0 Å². The minimum Gasteiger partial charge on any atom is -0.333 e. The minimum absolute atomic E-state index is 0.104. The molecule has 0 heterocycles. The second kappa shape index (κ2) is 3.89. The van der Waals surface area contributed by atoms with Crippen LogP contribution in [0.4, 0.5) is 4.79 Å². The molecule has 2 amide bonds. The monoisotopic (exact) mass is 236 g/mol. The van der Waals surface area contributed by atoms with Gasteiger partial charge in [-0.1, -0.05) is 12.8 Å². The van der Waals surface area contributed by atoms with E-state index < -0.39 is 0 Å². The molecule has 2 atom stereocenters. The average Bonchev–Trinajstić information content (AvgIpc) is 2.44. The molecule has 0 spiro atoms. The number of fused-ring (bicyclic) bond motifs is 1. The number of hydrogen-bond donors (Lipinski definition) is 1. The third-order valence-corrected chi connectivity index (χ3v) is 5.13. The van der Waals surface area contributed by atoms with Gasteiger partial charge in [-0.25, -0.2) is 4.79 Å². The van der Waals surface area contributed by atoms with Gasteiger partial charge in [-0.15, -0.1) is 0 Å². The van der Waals surface area contributed by atoms with Crippen molar-refractivity contribution in [3.05, 3.63) is 0 Å². The molecule has 17 heavy (non-hydrogen) atoms. The summed E-state index contributed by atoms with van der Waals surface area (Å²) in [6.07, 6.45) is 9.37. The lowest BCUT2D eigenvalue weighted by Gasteiger charge is -2.49. The first-order chi connectivity index (χ1) is 8.06. The Balaban J connectivity index is 1.80. The van der Waals surface area contributed by atoms with Gasteiger partial charge < -0.3 is 10.2 Å². The lowest BCUT2D eigenvalue weighted by atomic mass is 9.63. The van der Waals surface area contributed by atoms with E-state index in [0.717, 1.165) is 17.8 Å². The van der Waals surface area contributed by atoms with Crippen molar-refractivity contribution in [1.29, 1.82) is 0 Å². The quantitative estimate of drug-likeness (QED) is 0.745. The van der Waals surface area contributed by atoms with Crippen LogP contribution < -0.4 is 5.32 Å². The molecule has 0 radical (unpaired) electrons. The second-order valence-electron chi connectivity index (χ2n) is 6.86. The lowest BCUT2D eigenvalue weighted by Crippen LogP contribution is -2.57. The van der Waals surface area contributed by atoms with Gasteiger partial charge in [0.15, 0.2) is 0 Å². The Hall–Kier alpha value is -0.730. The van der Waals surface area contributed by atoms with Gasteiger partial charge in [0.25, 0.3) is 0 Å². The maximum atomic E-state index is 12.0. The van der Waals surface area contributed by atoms with Crippen LogP contribution in [0.1, 0.15) is 44.9 Å². The summed E-state index contributed by atoms with van der Waals surface area (Å²) < 4.78 is 0. The number of amides is 2. The molecule has 0 aromatic carbocycles. The SMILES string of the molecule is CN(C)C(=O)NC12CC3CCC(CC(C3)C1)C2. The van der Waals surface area contributed by atoms with Crippen LogP contribution in [0, 0.1) is 17.8 Å². The Kier molecular flexibility index (Phi) is 2.60. The zero-order valence-electron chi connectivity index (χ0n) is 11.0. The minimum atomic E-state index is 0.104. The summed E-state index contributed by atoms with van der Waals surface area (Å²) in [5.74, 6) is 2.64. The molecule has 0 aromatic heterocycles. The molecule has 96 valence electrons. The third kappa shape index (κ3) is 2.04. The molecule has 4 bridgehead atoms. The van der Waals surface area contributed by atoms with Crippen LogP contribution in [-0.4, -0.2) is 30.6 Å². The molecule has 0 saturated heterocycles. The Bertz CT molecular complexity index is 310. The molecule has 4 saturated carbocycles. The number of urea groups is 1. The Morgan fingerprint density at radius 1 is 1.06 bits per heavy atom. The number of nitrogens with zero attached hydrogens (tertiary/aromatic N) is 1. The Morgan fingerprint density at radius 3 is 2.12 bits per heavy atom. The van der Waals surface area contributed by atoms with E-state index in [2.05, 4.69) is 5.32 Å². The lowest BCUT2D eigenvalue weighted by molar-refractivity contribution is 0.0763. The third-order valence-electron chi connectivity index (χ3n) is 5.13. The molecule has 3 heteroatoms. The highest BCUT2D eigenvalue weighted by atomic mass is 16.2. The maximum absolute atomic E-state index is 12.0. The normalized spacial score (nSPS) is 43.3. The average molecular weight is 236 g/mol. The zero-order chi connectivity index (χ0) is 12.0. The predicted octanol–water partition coefficient (Wildman–Crippen LogP) is 2.62. The Labute approximate surface area is 104 Å². The number of carbonyl (C=O) groups excluding carboxylic acids is 1. The van der Waals surface area contributed by atoms with Gasteiger partial charge in [-0.05, 0) is 49.9 Å². The molecule has 4 fully saturated rings. The summed E-state index contributed by atoms with van der Waals surface area (Å²) in [5.41, 5.74) is 0.147. The van der Waals surface area contributed by atoms with E-state index in [1.165, 1.54) is 44.9 Å². The predicted molar refractivity (Wildman–Crippen MR) is 67.7 cm³/mol. The smallest absolute Gasteiger partial charge is 0.317 e. The van der Waals surface area contributed by atoms with E-state index in [0.29, 0.717) is 0 Å². The number of nitrogens with one attached hydrogen (secondary N) is 1. The zero-order valence-corrected chi connectivity index (χ0v) is 11.0. The van der Waals surface area contributed by atoms with Crippen molar-refractivity contribution >= 4 is 6.03 Å². The first-order valence-electron chi connectivity index (χ1n) is 7.06. The van der Waals surface area contributed by atoms with Crippen molar-refractivity contribution in [3.8, 4) is 0 Å². The summed E-state index contributed by atoms with van der Waals surface area (Å²) in [4.78, 5) is 13.6. The standard InChI is InChI=1S/C14H24N2O/c1-16(2)13(17)15-14-7-10-3-4-11(8-14)6-12(5-10)9-14/h10-12H,3-9H2,1-2H3,(H,15,17). The maximum Gasteiger partial charge on any atom is 0.317 e. The molecule has 4 rings (SSSR count). The summed E-state index contributed by atoms with van der Waals surface area (Å²) in [6.45, 7) is 0. The first-order valence-corrected chi connectivity index (χ1v) is 7.06. The molecule has 0 aromatic rings. The van der Waals surface area contributed by atoms with E-state index in [9.17, 15) is 4.79 Å². The van der Waals surface area contributed by atoms with Crippen LogP contribution in [0.3, 0.4) is 0 Å². The number of carbonyl (C=O) groups is 1. The van der Waals surface area contributed by atoms with Crippen molar-refractivity contribution in [2.24, 2.45) is 17.8 Å². The fraction of sp³-hybridized carbons (Fsp3) is 0.929. The van der Waals surface area contributed by atoms with Gasteiger partial charge >= 0.3 is 6.03 Å². The molecule has 4 aliphatic carbocycles. The van der Waals surface area contributed by atoms with Gasteiger partial charge in [0.2, 0.25) is 0 Å². The molecular weight excluding hydrogens is 212 g/mol. The molecule has 2 unspecified atom stereocenters. The van der Waals surface area contributed by atoms with Crippen LogP contribution in [0.5, 0.6) is 0 Å². The van der Waals surface area contributed by atoms with E-state index >= 15 is 0 Å². The summed E-state index contributed by atoms with van der Waals surface area (Å²) in [7, 11) is 3.67. The van der Waals surface area contributed by atoms with Gasteiger partial charge in [-0.3, -0.25) is 0 Å². The highest BCUT2D eigenvalue weighted by molar-refractivity contribution is 5.74. The van der Waals surface area contributed by atoms with E-state index in [4.69, 9.17) is 0 Å². The van der Waals surface area contributed by atoms with E-state index in [-0.39, 0.29) is 11.6 Å². The number of rotatable bonds is 1. The van der Waals surface area contributed by atoms with Crippen LogP contribution in [0.25, 0.3) is 0 Å². The summed E-state index contributed by atoms with van der Waals surface area (Å²) in [5, 5.41) is 3.35. The fourth-order valence-electron chi connectivity index (χ4n) is 4.68.